The van der Waals surface area contributed by atoms with Gasteiger partial charge < -0.3 is 24.1 Å². The summed E-state index contributed by atoms with van der Waals surface area (Å²) >= 11 is 0. The van der Waals surface area contributed by atoms with Gasteiger partial charge in [-0.3, -0.25) is 9.59 Å². The first kappa shape index (κ1) is 22.1. The molecule has 4 rings (SSSR count). The summed E-state index contributed by atoms with van der Waals surface area (Å²) < 4.78 is 17.1. The molecule has 3 aliphatic carbocycles. The predicted molar refractivity (Wildman–Crippen MR) is 112 cm³/mol. The zero-order valence-electron chi connectivity index (χ0n) is 18.8. The first-order valence-electron chi connectivity index (χ1n) is 10.9. The maximum absolute atomic E-state index is 12.5. The SMILES string of the molecule is C=C1c2ccoc2C[C@H]2[C@H]1[C@@H](O)[C@@H](OC(C)=O)[C@@]1(O)C(C)(C)CC[C@H](OC(C)=O)[C@]21C. The number of aliphatic hydroxyl groups is 2. The molecule has 1 aromatic rings. The summed E-state index contributed by atoms with van der Waals surface area (Å²) in [4.78, 5) is 24.1. The summed E-state index contributed by atoms with van der Waals surface area (Å²) in [5, 5.41) is 24.0. The third-order valence-electron chi connectivity index (χ3n) is 8.35. The molecule has 0 aromatic carbocycles. The summed E-state index contributed by atoms with van der Waals surface area (Å²) in [5.74, 6) is -1.12. The van der Waals surface area contributed by atoms with Crippen LogP contribution in [0.15, 0.2) is 23.3 Å². The van der Waals surface area contributed by atoms with Gasteiger partial charge >= 0.3 is 11.9 Å². The van der Waals surface area contributed by atoms with Crippen LogP contribution in [0, 0.1) is 22.7 Å². The predicted octanol–water partition coefficient (Wildman–Crippen LogP) is 2.88. The maximum Gasteiger partial charge on any atom is 0.303 e. The number of furan rings is 1. The second kappa shape index (κ2) is 6.94. The molecule has 0 saturated heterocycles. The van der Waals surface area contributed by atoms with E-state index in [9.17, 15) is 19.8 Å². The molecule has 0 spiro atoms. The second-order valence-electron chi connectivity index (χ2n) is 10.2. The van der Waals surface area contributed by atoms with Gasteiger partial charge in [0, 0.05) is 37.2 Å². The average molecular weight is 433 g/mol. The number of esters is 2. The molecule has 2 fully saturated rings. The highest BCUT2D eigenvalue weighted by atomic mass is 16.6. The van der Waals surface area contributed by atoms with Crippen molar-refractivity contribution in [3.63, 3.8) is 0 Å². The topological polar surface area (TPSA) is 106 Å². The molecule has 2 N–H and O–H groups in total. The van der Waals surface area contributed by atoms with Crippen molar-refractivity contribution in [3.8, 4) is 0 Å². The Hall–Kier alpha value is -2.12. The Kier molecular flexibility index (Phi) is 4.94. The van der Waals surface area contributed by atoms with Crippen molar-refractivity contribution in [1.29, 1.82) is 0 Å². The van der Waals surface area contributed by atoms with Crippen LogP contribution in [0.1, 0.15) is 58.8 Å². The van der Waals surface area contributed by atoms with Crippen molar-refractivity contribution in [2.75, 3.05) is 0 Å². The van der Waals surface area contributed by atoms with Gasteiger partial charge in [0.2, 0.25) is 0 Å². The number of carbonyl (C=O) groups excluding carboxylic acids is 2. The number of fused-ring (bicyclic) bond motifs is 4. The van der Waals surface area contributed by atoms with Crippen LogP contribution in [0.3, 0.4) is 0 Å². The fourth-order valence-corrected chi connectivity index (χ4v) is 6.88. The summed E-state index contributed by atoms with van der Waals surface area (Å²) in [6.45, 7) is 12.6. The third-order valence-corrected chi connectivity index (χ3v) is 8.35. The van der Waals surface area contributed by atoms with Crippen LogP contribution in [0.4, 0.5) is 0 Å². The Labute approximate surface area is 182 Å². The highest BCUT2D eigenvalue weighted by Crippen LogP contribution is 2.67. The number of carbonyl (C=O) groups is 2. The number of hydrogen-bond donors (Lipinski definition) is 2. The van der Waals surface area contributed by atoms with Crippen molar-refractivity contribution in [1.82, 2.24) is 0 Å². The summed E-state index contributed by atoms with van der Waals surface area (Å²) in [7, 11) is 0. The van der Waals surface area contributed by atoms with Crippen molar-refractivity contribution in [2.24, 2.45) is 22.7 Å². The fourth-order valence-electron chi connectivity index (χ4n) is 6.88. The fraction of sp³-hybridized carbons (Fsp3) is 0.667. The normalized spacial score (nSPS) is 40.9. The van der Waals surface area contributed by atoms with Crippen LogP contribution in [0.5, 0.6) is 0 Å². The van der Waals surface area contributed by atoms with E-state index in [4.69, 9.17) is 13.9 Å². The van der Waals surface area contributed by atoms with E-state index in [2.05, 4.69) is 6.58 Å². The molecule has 0 amide bonds. The third kappa shape index (κ3) is 2.79. The van der Waals surface area contributed by atoms with E-state index in [-0.39, 0.29) is 5.92 Å². The largest absolute Gasteiger partial charge is 0.469 e. The molecule has 0 unspecified atom stereocenters. The van der Waals surface area contributed by atoms with E-state index < -0.39 is 52.6 Å². The first-order chi connectivity index (χ1) is 14.4. The molecule has 7 heteroatoms. The van der Waals surface area contributed by atoms with Gasteiger partial charge in [0.1, 0.15) is 23.6 Å². The smallest absolute Gasteiger partial charge is 0.303 e. The quantitative estimate of drug-likeness (QED) is 0.692. The Balaban J connectivity index is 1.97. The highest BCUT2D eigenvalue weighted by Gasteiger charge is 2.76. The maximum atomic E-state index is 12.5. The lowest BCUT2D eigenvalue weighted by Crippen LogP contribution is -2.79. The zero-order chi connectivity index (χ0) is 22.9. The summed E-state index contributed by atoms with van der Waals surface area (Å²) in [6.07, 6.45) is 0.133. The molecule has 1 aromatic heterocycles. The second-order valence-corrected chi connectivity index (χ2v) is 10.2. The molecular formula is C24H32O7. The van der Waals surface area contributed by atoms with Crippen molar-refractivity contribution < 1.29 is 33.7 Å². The molecule has 31 heavy (non-hydrogen) atoms. The van der Waals surface area contributed by atoms with Crippen LogP contribution >= 0.6 is 0 Å². The van der Waals surface area contributed by atoms with Gasteiger partial charge in [0.05, 0.1) is 6.26 Å². The molecule has 3 aliphatic rings. The molecule has 0 radical (unpaired) electrons. The van der Waals surface area contributed by atoms with E-state index in [1.54, 1.807) is 6.26 Å². The molecule has 7 atom stereocenters. The van der Waals surface area contributed by atoms with E-state index in [0.29, 0.717) is 24.8 Å². The van der Waals surface area contributed by atoms with Crippen LogP contribution < -0.4 is 0 Å². The lowest BCUT2D eigenvalue weighted by molar-refractivity contribution is -0.331. The van der Waals surface area contributed by atoms with Crippen molar-refractivity contribution >= 4 is 17.5 Å². The molecule has 170 valence electrons. The van der Waals surface area contributed by atoms with Crippen LogP contribution in [-0.2, 0) is 25.5 Å². The zero-order valence-corrected chi connectivity index (χ0v) is 18.8. The molecule has 2 saturated carbocycles. The molecule has 1 heterocycles. The summed E-state index contributed by atoms with van der Waals surface area (Å²) in [5.41, 5.74) is -1.91. The minimum absolute atomic E-state index is 0.339. The van der Waals surface area contributed by atoms with E-state index >= 15 is 0 Å². The average Bonchev–Trinajstić information content (AvgIpc) is 3.14. The molecule has 0 bridgehead atoms. The minimum atomic E-state index is -1.66. The monoisotopic (exact) mass is 432 g/mol. The van der Waals surface area contributed by atoms with Gasteiger partial charge in [0.15, 0.2) is 6.10 Å². The van der Waals surface area contributed by atoms with Crippen LogP contribution in [0.25, 0.3) is 5.57 Å². The van der Waals surface area contributed by atoms with Gasteiger partial charge in [-0.2, -0.15) is 0 Å². The van der Waals surface area contributed by atoms with Gasteiger partial charge in [-0.1, -0.05) is 27.4 Å². The van der Waals surface area contributed by atoms with Crippen LogP contribution in [0.2, 0.25) is 0 Å². The van der Waals surface area contributed by atoms with E-state index in [1.807, 2.05) is 26.8 Å². The minimum Gasteiger partial charge on any atom is -0.469 e. The van der Waals surface area contributed by atoms with Gasteiger partial charge in [0.25, 0.3) is 0 Å². The molecule has 7 nitrogen and oxygen atoms in total. The van der Waals surface area contributed by atoms with Crippen molar-refractivity contribution in [3.05, 3.63) is 30.2 Å². The Morgan fingerprint density at radius 2 is 1.84 bits per heavy atom. The van der Waals surface area contributed by atoms with E-state index in [1.165, 1.54) is 13.8 Å². The number of rotatable bonds is 2. The highest BCUT2D eigenvalue weighted by molar-refractivity contribution is 5.71. The lowest BCUT2D eigenvalue weighted by Gasteiger charge is -2.69. The van der Waals surface area contributed by atoms with E-state index in [0.717, 1.165) is 11.3 Å². The Morgan fingerprint density at radius 3 is 2.45 bits per heavy atom. The first-order valence-corrected chi connectivity index (χ1v) is 10.9. The number of hydrogen-bond acceptors (Lipinski definition) is 7. The van der Waals surface area contributed by atoms with Gasteiger partial charge in [-0.05, 0) is 35.8 Å². The Bertz CT molecular complexity index is 930. The van der Waals surface area contributed by atoms with Gasteiger partial charge in [-0.25, -0.2) is 0 Å². The van der Waals surface area contributed by atoms with Crippen molar-refractivity contribution in [2.45, 2.75) is 77.8 Å². The molecular weight excluding hydrogens is 400 g/mol. The Morgan fingerprint density at radius 1 is 1.19 bits per heavy atom. The molecule has 0 aliphatic heterocycles. The number of ether oxygens (including phenoxy) is 2. The number of aliphatic hydroxyl groups excluding tert-OH is 1. The van der Waals surface area contributed by atoms with Gasteiger partial charge in [-0.15, -0.1) is 0 Å². The van der Waals surface area contributed by atoms with Crippen LogP contribution in [-0.4, -0.2) is 46.1 Å². The standard InChI is InChI=1S/C24H32O7/c1-12-15-8-10-29-17(15)11-16-19(12)20(27)21(31-14(3)26)24(28)22(4,5)9-7-18(23(16,24)6)30-13(2)25/h8,10,16,18-21,27-28H,1,7,9,11H2,2-6H3/t16-,18-,19-,20+,21+,23-,24+/m0/s1. The lowest BCUT2D eigenvalue weighted by atomic mass is 9.39. The summed E-state index contributed by atoms with van der Waals surface area (Å²) in [6, 6.07) is 1.82.